The summed E-state index contributed by atoms with van der Waals surface area (Å²) < 4.78 is 0. The van der Waals surface area contributed by atoms with Crippen molar-refractivity contribution in [3.8, 4) is 0 Å². The Balaban J connectivity index is 1.73. The first-order chi connectivity index (χ1) is 11.5. The van der Waals surface area contributed by atoms with Crippen molar-refractivity contribution >= 4 is 17.6 Å². The minimum absolute atomic E-state index is 0.0358. The van der Waals surface area contributed by atoms with Crippen molar-refractivity contribution in [2.75, 3.05) is 5.32 Å². The minimum atomic E-state index is -0.880. The number of nitrogens with one attached hydrogen (secondary N) is 1. The minimum Gasteiger partial charge on any atom is -0.481 e. The lowest BCUT2D eigenvalue weighted by Gasteiger charge is -2.07. The monoisotopic (exact) mass is 325 g/mol. The summed E-state index contributed by atoms with van der Waals surface area (Å²) in [6.07, 6.45) is 3.20. The molecule has 2 rings (SSSR count). The lowest BCUT2D eigenvalue weighted by atomic mass is 10.1. The molecule has 0 spiro atoms. The Morgan fingerprint density at radius 2 is 1.75 bits per heavy atom. The molecule has 0 fully saturated rings. The second kappa shape index (κ2) is 8.87. The number of hydrogen-bond donors (Lipinski definition) is 2. The molecule has 0 aromatic heterocycles. The van der Waals surface area contributed by atoms with Crippen LogP contribution in [-0.2, 0) is 22.4 Å². The summed E-state index contributed by atoms with van der Waals surface area (Å²) in [6, 6.07) is 15.4. The van der Waals surface area contributed by atoms with Gasteiger partial charge in [0.05, 0.1) is 6.42 Å². The van der Waals surface area contributed by atoms with Crippen LogP contribution in [0.15, 0.2) is 48.5 Å². The number of carboxylic acids is 1. The summed E-state index contributed by atoms with van der Waals surface area (Å²) >= 11 is 0. The van der Waals surface area contributed by atoms with Gasteiger partial charge in [0, 0.05) is 12.1 Å². The van der Waals surface area contributed by atoms with Crippen LogP contribution < -0.4 is 5.32 Å². The van der Waals surface area contributed by atoms with Gasteiger partial charge in [-0.05, 0) is 49.4 Å². The number of amides is 1. The second-order valence-corrected chi connectivity index (χ2v) is 6.01. The summed E-state index contributed by atoms with van der Waals surface area (Å²) in [7, 11) is 0. The second-order valence-electron chi connectivity index (χ2n) is 6.01. The van der Waals surface area contributed by atoms with Gasteiger partial charge < -0.3 is 10.4 Å². The van der Waals surface area contributed by atoms with Gasteiger partial charge in [-0.1, -0.05) is 42.0 Å². The van der Waals surface area contributed by atoms with Crippen molar-refractivity contribution in [2.24, 2.45) is 0 Å². The summed E-state index contributed by atoms with van der Waals surface area (Å²) in [4.78, 5) is 22.7. The molecule has 0 radical (unpaired) electrons. The van der Waals surface area contributed by atoms with Gasteiger partial charge >= 0.3 is 5.97 Å². The number of carbonyl (C=O) groups is 2. The van der Waals surface area contributed by atoms with Gasteiger partial charge in [0.2, 0.25) is 5.91 Å². The predicted molar refractivity (Wildman–Crippen MR) is 95.1 cm³/mol. The van der Waals surface area contributed by atoms with E-state index in [2.05, 4.69) is 36.5 Å². The molecule has 24 heavy (non-hydrogen) atoms. The van der Waals surface area contributed by atoms with E-state index < -0.39 is 5.97 Å². The number of unbranched alkanes of at least 4 members (excludes halogenated alkanes) is 1. The average molecular weight is 325 g/mol. The molecule has 0 heterocycles. The Hall–Kier alpha value is -2.62. The molecule has 0 atom stereocenters. The van der Waals surface area contributed by atoms with Gasteiger partial charge in [-0.2, -0.15) is 0 Å². The third-order valence-electron chi connectivity index (χ3n) is 3.81. The van der Waals surface area contributed by atoms with Crippen molar-refractivity contribution in [1.82, 2.24) is 0 Å². The number of carbonyl (C=O) groups excluding carboxylic acids is 1. The van der Waals surface area contributed by atoms with Crippen molar-refractivity contribution in [1.29, 1.82) is 0 Å². The average Bonchev–Trinajstić information content (AvgIpc) is 2.53. The predicted octanol–water partition coefficient (Wildman–Crippen LogP) is 3.97. The van der Waals surface area contributed by atoms with Crippen LogP contribution in [0.1, 0.15) is 36.0 Å². The molecule has 4 nitrogen and oxygen atoms in total. The molecule has 2 N–H and O–H groups in total. The highest BCUT2D eigenvalue weighted by molar-refractivity contribution is 5.90. The maximum atomic E-state index is 12.0. The van der Waals surface area contributed by atoms with E-state index >= 15 is 0 Å². The molecular formula is C20H23NO3. The van der Waals surface area contributed by atoms with E-state index in [0.717, 1.165) is 19.3 Å². The fourth-order valence-electron chi connectivity index (χ4n) is 2.53. The maximum absolute atomic E-state index is 12.0. The van der Waals surface area contributed by atoms with Crippen LogP contribution in [0.4, 0.5) is 5.69 Å². The Bertz CT molecular complexity index is 692. The standard InChI is InChI=1S/C20H23NO3/c1-15-9-11-16(12-10-15)5-2-3-8-19(22)21-18-7-4-6-17(13-18)14-20(23)24/h4,6-7,9-13H,2-3,5,8,14H2,1H3,(H,21,22)(H,23,24). The zero-order chi connectivity index (χ0) is 17.4. The van der Waals surface area contributed by atoms with Gasteiger partial charge in [0.1, 0.15) is 0 Å². The fourth-order valence-corrected chi connectivity index (χ4v) is 2.53. The summed E-state index contributed by atoms with van der Waals surface area (Å²) in [5.74, 6) is -0.916. The number of hydrogen-bond acceptors (Lipinski definition) is 2. The molecular weight excluding hydrogens is 302 g/mol. The Morgan fingerprint density at radius 1 is 1.00 bits per heavy atom. The van der Waals surface area contributed by atoms with Crippen molar-refractivity contribution < 1.29 is 14.7 Å². The van der Waals surface area contributed by atoms with E-state index in [1.165, 1.54) is 11.1 Å². The Labute approximate surface area is 142 Å². The molecule has 1 amide bonds. The summed E-state index contributed by atoms with van der Waals surface area (Å²) in [5, 5.41) is 11.6. The first kappa shape index (κ1) is 17.7. The van der Waals surface area contributed by atoms with Crippen molar-refractivity contribution in [3.05, 3.63) is 65.2 Å². The van der Waals surface area contributed by atoms with E-state index in [0.29, 0.717) is 17.7 Å². The van der Waals surface area contributed by atoms with Crippen LogP contribution in [0, 0.1) is 6.92 Å². The van der Waals surface area contributed by atoms with Crippen LogP contribution >= 0.6 is 0 Å². The Morgan fingerprint density at radius 3 is 2.46 bits per heavy atom. The van der Waals surface area contributed by atoms with Gasteiger partial charge in [0.25, 0.3) is 0 Å². The number of rotatable bonds is 8. The number of aliphatic carboxylic acids is 1. The highest BCUT2D eigenvalue weighted by Crippen LogP contribution is 2.13. The van der Waals surface area contributed by atoms with Crippen LogP contribution in [-0.4, -0.2) is 17.0 Å². The number of carboxylic acid groups (broad SMARTS) is 1. The van der Waals surface area contributed by atoms with Crippen molar-refractivity contribution in [2.45, 2.75) is 39.0 Å². The molecule has 4 heteroatoms. The summed E-state index contributed by atoms with van der Waals surface area (Å²) in [6.45, 7) is 2.07. The molecule has 126 valence electrons. The van der Waals surface area contributed by atoms with Gasteiger partial charge in [-0.3, -0.25) is 9.59 Å². The molecule has 0 aliphatic heterocycles. The van der Waals surface area contributed by atoms with E-state index in [4.69, 9.17) is 5.11 Å². The van der Waals surface area contributed by atoms with Crippen LogP contribution in [0.2, 0.25) is 0 Å². The van der Waals surface area contributed by atoms with E-state index in [9.17, 15) is 9.59 Å². The van der Waals surface area contributed by atoms with Crippen LogP contribution in [0.25, 0.3) is 0 Å². The molecule has 0 aliphatic rings. The van der Waals surface area contributed by atoms with Gasteiger partial charge in [-0.15, -0.1) is 0 Å². The lowest BCUT2D eigenvalue weighted by Crippen LogP contribution is -2.11. The molecule has 0 aliphatic carbocycles. The zero-order valence-corrected chi connectivity index (χ0v) is 13.9. The highest BCUT2D eigenvalue weighted by Gasteiger charge is 2.05. The topological polar surface area (TPSA) is 66.4 Å². The molecule has 2 aromatic rings. The molecule has 0 bridgehead atoms. The molecule has 2 aromatic carbocycles. The number of anilines is 1. The molecule has 0 unspecified atom stereocenters. The van der Waals surface area contributed by atoms with E-state index in [-0.39, 0.29) is 12.3 Å². The SMILES string of the molecule is Cc1ccc(CCCCC(=O)Nc2cccc(CC(=O)O)c2)cc1. The molecule has 0 saturated heterocycles. The van der Waals surface area contributed by atoms with Crippen molar-refractivity contribution in [3.63, 3.8) is 0 Å². The first-order valence-corrected chi connectivity index (χ1v) is 8.19. The number of aryl methyl sites for hydroxylation is 2. The lowest BCUT2D eigenvalue weighted by molar-refractivity contribution is -0.136. The zero-order valence-electron chi connectivity index (χ0n) is 13.9. The fraction of sp³-hybridized carbons (Fsp3) is 0.300. The summed E-state index contributed by atoms with van der Waals surface area (Å²) in [5.41, 5.74) is 3.88. The third-order valence-corrected chi connectivity index (χ3v) is 3.81. The van der Waals surface area contributed by atoms with E-state index in [1.54, 1.807) is 24.3 Å². The smallest absolute Gasteiger partial charge is 0.307 e. The number of benzene rings is 2. The van der Waals surface area contributed by atoms with Gasteiger partial charge in [-0.25, -0.2) is 0 Å². The van der Waals surface area contributed by atoms with Crippen LogP contribution in [0.3, 0.4) is 0 Å². The third kappa shape index (κ3) is 6.24. The molecule has 0 saturated carbocycles. The quantitative estimate of drug-likeness (QED) is 0.722. The van der Waals surface area contributed by atoms with Gasteiger partial charge in [0.15, 0.2) is 0 Å². The largest absolute Gasteiger partial charge is 0.481 e. The van der Waals surface area contributed by atoms with Crippen LogP contribution in [0.5, 0.6) is 0 Å². The normalized spacial score (nSPS) is 10.4. The van der Waals surface area contributed by atoms with E-state index in [1.807, 2.05) is 0 Å². The highest BCUT2D eigenvalue weighted by atomic mass is 16.4. The first-order valence-electron chi connectivity index (χ1n) is 8.19. The Kier molecular flexibility index (Phi) is 6.55. The maximum Gasteiger partial charge on any atom is 0.307 e.